The van der Waals surface area contributed by atoms with Gasteiger partial charge < -0.3 is 14.4 Å². The summed E-state index contributed by atoms with van der Waals surface area (Å²) in [5.41, 5.74) is 2.09. The predicted octanol–water partition coefficient (Wildman–Crippen LogP) is 1.73. The maximum atomic E-state index is 8.68. The van der Waals surface area contributed by atoms with Crippen molar-refractivity contribution in [1.29, 1.82) is 5.26 Å². The lowest BCUT2D eigenvalue weighted by molar-refractivity contribution is 0.171. The summed E-state index contributed by atoms with van der Waals surface area (Å²) in [5.74, 6) is 1.55. The van der Waals surface area contributed by atoms with Crippen molar-refractivity contribution in [3.8, 4) is 17.6 Å². The van der Waals surface area contributed by atoms with Crippen LogP contribution >= 0.6 is 0 Å². The van der Waals surface area contributed by atoms with E-state index in [4.69, 9.17) is 14.7 Å². The topological polar surface area (TPSA) is 45.5 Å². The molecule has 0 saturated carbocycles. The number of hydrogen-bond acceptors (Lipinski definition) is 4. The van der Waals surface area contributed by atoms with Crippen LogP contribution in [-0.4, -0.2) is 26.8 Å². The molecule has 4 heteroatoms. The summed E-state index contributed by atoms with van der Waals surface area (Å²) in [6, 6.07) is 6.01. The Balaban J connectivity index is 2.36. The molecule has 1 aliphatic rings. The highest BCUT2D eigenvalue weighted by Crippen LogP contribution is 2.36. The lowest BCUT2D eigenvalue weighted by Gasteiger charge is -2.23. The largest absolute Gasteiger partial charge is 0.486 e. The van der Waals surface area contributed by atoms with Crippen LogP contribution in [-0.2, 0) is 0 Å². The van der Waals surface area contributed by atoms with Gasteiger partial charge >= 0.3 is 0 Å². The average Bonchev–Trinajstić information content (AvgIpc) is 2.28. The maximum absolute atomic E-state index is 8.68. The fourth-order valence-electron chi connectivity index (χ4n) is 1.78. The summed E-state index contributed by atoms with van der Waals surface area (Å²) in [4.78, 5) is 1.90. The van der Waals surface area contributed by atoms with Gasteiger partial charge in [-0.15, -0.1) is 0 Å². The summed E-state index contributed by atoms with van der Waals surface area (Å²) in [6.07, 6.45) is 0. The smallest absolute Gasteiger partial charge is 0.163 e. The predicted molar refractivity (Wildman–Crippen MR) is 61.1 cm³/mol. The first kappa shape index (κ1) is 10.6. The Kier molecular flexibility index (Phi) is 2.86. The van der Waals surface area contributed by atoms with E-state index in [-0.39, 0.29) is 0 Å². The molecule has 16 heavy (non-hydrogen) atoms. The molecular formula is C12H14N2O2. The van der Waals surface area contributed by atoms with E-state index >= 15 is 0 Å². The van der Waals surface area contributed by atoms with E-state index < -0.39 is 0 Å². The lowest BCUT2D eigenvalue weighted by Crippen LogP contribution is -2.20. The van der Waals surface area contributed by atoms with Gasteiger partial charge in [0.25, 0.3) is 0 Å². The van der Waals surface area contributed by atoms with Gasteiger partial charge in [-0.1, -0.05) is 0 Å². The minimum atomic E-state index is 0.362. The molecule has 0 unspecified atom stereocenters. The van der Waals surface area contributed by atoms with Gasteiger partial charge in [-0.25, -0.2) is 0 Å². The number of benzene rings is 1. The number of ether oxygens (including phenoxy) is 2. The highest BCUT2D eigenvalue weighted by molar-refractivity contribution is 5.62. The SMILES string of the molecule is Cc1cc2c(cc1N(C)CC#N)OCCO2. The van der Waals surface area contributed by atoms with Crippen LogP contribution in [0.4, 0.5) is 5.69 Å². The molecule has 4 nitrogen and oxygen atoms in total. The van der Waals surface area contributed by atoms with Crippen LogP contribution in [0, 0.1) is 18.3 Å². The third-order valence-electron chi connectivity index (χ3n) is 2.58. The first-order valence-corrected chi connectivity index (χ1v) is 5.20. The van der Waals surface area contributed by atoms with Gasteiger partial charge in [0, 0.05) is 18.8 Å². The molecule has 2 rings (SSSR count). The molecule has 0 bridgehead atoms. The van der Waals surface area contributed by atoms with E-state index in [1.165, 1.54) is 0 Å². The van der Waals surface area contributed by atoms with Crippen molar-refractivity contribution in [2.45, 2.75) is 6.92 Å². The Bertz CT molecular complexity index is 437. The van der Waals surface area contributed by atoms with Gasteiger partial charge in [-0.05, 0) is 18.6 Å². The molecule has 0 amide bonds. The molecule has 0 radical (unpaired) electrons. The van der Waals surface area contributed by atoms with Gasteiger partial charge in [0.2, 0.25) is 0 Å². The van der Waals surface area contributed by atoms with Gasteiger partial charge in [-0.2, -0.15) is 5.26 Å². The minimum Gasteiger partial charge on any atom is -0.486 e. The van der Waals surface area contributed by atoms with Gasteiger partial charge in [-0.3, -0.25) is 0 Å². The van der Waals surface area contributed by atoms with E-state index in [9.17, 15) is 0 Å². The standard InChI is InChI=1S/C12H14N2O2/c1-9-7-11-12(16-6-5-15-11)8-10(9)14(2)4-3-13/h7-8H,4-6H2,1-2H3. The third kappa shape index (κ3) is 1.89. The van der Waals surface area contributed by atoms with Gasteiger partial charge in [0.05, 0.1) is 6.07 Å². The summed E-state index contributed by atoms with van der Waals surface area (Å²) in [7, 11) is 1.89. The van der Waals surface area contributed by atoms with Crippen LogP contribution < -0.4 is 14.4 Å². The fourth-order valence-corrected chi connectivity index (χ4v) is 1.78. The van der Waals surface area contributed by atoms with Crippen molar-refractivity contribution in [2.24, 2.45) is 0 Å². The van der Waals surface area contributed by atoms with E-state index in [0.29, 0.717) is 19.8 Å². The van der Waals surface area contributed by atoms with Crippen LogP contribution in [0.2, 0.25) is 0 Å². The summed E-state index contributed by atoms with van der Waals surface area (Å²) >= 11 is 0. The number of hydrogen-bond donors (Lipinski definition) is 0. The van der Waals surface area contributed by atoms with Crippen molar-refractivity contribution in [3.05, 3.63) is 17.7 Å². The highest BCUT2D eigenvalue weighted by atomic mass is 16.6. The number of nitriles is 1. The number of aryl methyl sites for hydroxylation is 1. The second-order valence-electron chi connectivity index (χ2n) is 3.80. The van der Waals surface area contributed by atoms with E-state index in [1.807, 2.05) is 31.0 Å². The molecule has 0 fully saturated rings. The zero-order valence-corrected chi connectivity index (χ0v) is 9.49. The van der Waals surface area contributed by atoms with Crippen molar-refractivity contribution in [1.82, 2.24) is 0 Å². The average molecular weight is 218 g/mol. The number of anilines is 1. The molecule has 0 saturated heterocycles. The Morgan fingerprint density at radius 3 is 2.56 bits per heavy atom. The van der Waals surface area contributed by atoms with Crippen LogP contribution in [0.25, 0.3) is 0 Å². The van der Waals surface area contributed by atoms with E-state index in [0.717, 1.165) is 22.7 Å². The highest BCUT2D eigenvalue weighted by Gasteiger charge is 2.15. The Hall–Kier alpha value is -1.89. The quantitative estimate of drug-likeness (QED) is 0.709. The molecular weight excluding hydrogens is 204 g/mol. The van der Waals surface area contributed by atoms with Crippen LogP contribution in [0.5, 0.6) is 11.5 Å². The Morgan fingerprint density at radius 2 is 1.94 bits per heavy atom. The first-order chi connectivity index (χ1) is 7.72. The summed E-state index contributed by atoms with van der Waals surface area (Å²) in [6.45, 7) is 3.54. The normalized spacial score (nSPS) is 13.1. The fraction of sp³-hybridized carbons (Fsp3) is 0.417. The molecule has 1 aromatic rings. The summed E-state index contributed by atoms with van der Waals surface area (Å²) < 4.78 is 11.0. The number of rotatable bonds is 2. The number of nitrogens with zero attached hydrogens (tertiary/aromatic N) is 2. The molecule has 1 aromatic carbocycles. The lowest BCUT2D eigenvalue weighted by atomic mass is 10.1. The Labute approximate surface area is 95.0 Å². The van der Waals surface area contributed by atoms with Crippen LogP contribution in [0.3, 0.4) is 0 Å². The minimum absolute atomic E-state index is 0.362. The zero-order valence-electron chi connectivity index (χ0n) is 9.49. The molecule has 0 atom stereocenters. The maximum Gasteiger partial charge on any atom is 0.163 e. The molecule has 0 aliphatic carbocycles. The van der Waals surface area contributed by atoms with Gasteiger partial charge in [0.15, 0.2) is 11.5 Å². The van der Waals surface area contributed by atoms with Crippen molar-refractivity contribution in [2.75, 3.05) is 31.7 Å². The van der Waals surface area contributed by atoms with Crippen molar-refractivity contribution < 1.29 is 9.47 Å². The summed E-state index contributed by atoms with van der Waals surface area (Å²) in [5, 5.41) is 8.68. The van der Waals surface area contributed by atoms with E-state index in [1.54, 1.807) is 0 Å². The van der Waals surface area contributed by atoms with E-state index in [2.05, 4.69) is 6.07 Å². The zero-order chi connectivity index (χ0) is 11.5. The van der Waals surface area contributed by atoms with Crippen molar-refractivity contribution in [3.63, 3.8) is 0 Å². The first-order valence-electron chi connectivity index (χ1n) is 5.20. The number of fused-ring (bicyclic) bond motifs is 1. The van der Waals surface area contributed by atoms with Crippen LogP contribution in [0.15, 0.2) is 12.1 Å². The molecule has 1 heterocycles. The molecule has 1 aliphatic heterocycles. The molecule has 84 valence electrons. The van der Waals surface area contributed by atoms with Crippen molar-refractivity contribution >= 4 is 5.69 Å². The second-order valence-corrected chi connectivity index (χ2v) is 3.80. The Morgan fingerprint density at radius 1 is 1.31 bits per heavy atom. The second kappa shape index (κ2) is 4.31. The molecule has 0 aromatic heterocycles. The van der Waals surface area contributed by atoms with Gasteiger partial charge in [0.1, 0.15) is 19.8 Å². The third-order valence-corrected chi connectivity index (χ3v) is 2.58. The molecule has 0 N–H and O–H groups in total. The van der Waals surface area contributed by atoms with Crippen LogP contribution in [0.1, 0.15) is 5.56 Å². The monoisotopic (exact) mass is 218 g/mol. The molecule has 0 spiro atoms.